The molecule has 5 rings (SSSR count). The van der Waals surface area contributed by atoms with Crippen LogP contribution in [0.3, 0.4) is 0 Å². The highest BCUT2D eigenvalue weighted by Crippen LogP contribution is 2.29. The van der Waals surface area contributed by atoms with Crippen LogP contribution in [0.1, 0.15) is 30.1 Å². The second-order valence-electron chi connectivity index (χ2n) is 8.27. The molecule has 1 saturated heterocycles. The second kappa shape index (κ2) is 8.81. The van der Waals surface area contributed by atoms with Gasteiger partial charge in [0.1, 0.15) is 17.0 Å². The number of oxazole rings is 1. The first-order chi connectivity index (χ1) is 16.4. The van der Waals surface area contributed by atoms with E-state index in [9.17, 15) is 18.0 Å². The largest absolute Gasteiger partial charge is 0.424 e. The first kappa shape index (κ1) is 21.9. The topological polar surface area (TPSA) is 89.1 Å². The second-order valence-corrected chi connectivity index (χ2v) is 8.27. The van der Waals surface area contributed by atoms with Crippen molar-refractivity contribution in [1.29, 1.82) is 0 Å². The Morgan fingerprint density at radius 1 is 1.18 bits per heavy atom. The van der Waals surface area contributed by atoms with E-state index in [1.165, 1.54) is 36.7 Å². The molecule has 1 aliphatic rings. The number of aromatic nitrogens is 4. The Morgan fingerprint density at radius 2 is 1.97 bits per heavy atom. The summed E-state index contributed by atoms with van der Waals surface area (Å²) in [5.41, 5.74) is 0.449. The van der Waals surface area contributed by atoms with Gasteiger partial charge < -0.3 is 14.6 Å². The molecule has 11 heteroatoms. The molecule has 0 unspecified atom stereocenters. The third kappa shape index (κ3) is 3.97. The molecule has 1 amide bonds. The fourth-order valence-electron chi connectivity index (χ4n) is 4.37. The van der Waals surface area contributed by atoms with Crippen LogP contribution in [0.25, 0.3) is 16.8 Å². The first-order valence-corrected chi connectivity index (χ1v) is 10.9. The zero-order valence-electron chi connectivity index (χ0n) is 18.2. The number of anilines is 1. The molecular formula is C23H21F3N6O2. The molecule has 1 aliphatic heterocycles. The van der Waals surface area contributed by atoms with Crippen LogP contribution in [-0.2, 0) is 0 Å². The minimum Gasteiger partial charge on any atom is -0.424 e. The molecule has 2 aromatic carbocycles. The van der Waals surface area contributed by atoms with E-state index >= 15 is 0 Å². The van der Waals surface area contributed by atoms with Crippen molar-refractivity contribution in [1.82, 2.24) is 24.9 Å². The summed E-state index contributed by atoms with van der Waals surface area (Å²) in [7, 11) is 0. The smallest absolute Gasteiger partial charge is 0.295 e. The molecular weight excluding hydrogens is 449 g/mol. The molecule has 1 N–H and O–H groups in total. The van der Waals surface area contributed by atoms with Crippen LogP contribution in [-0.4, -0.2) is 49.9 Å². The van der Waals surface area contributed by atoms with Crippen LogP contribution >= 0.6 is 0 Å². The number of likely N-dealkylation sites (tertiary alicyclic amines) is 1. The van der Waals surface area contributed by atoms with Crippen LogP contribution in [0, 0.1) is 23.4 Å². The molecule has 0 saturated carbocycles. The minimum absolute atomic E-state index is 0.0356. The zero-order chi connectivity index (χ0) is 23.8. The summed E-state index contributed by atoms with van der Waals surface area (Å²) in [5, 5.41) is 10.9. The summed E-state index contributed by atoms with van der Waals surface area (Å²) in [6.07, 6.45) is 4.30. The predicted molar refractivity (Wildman–Crippen MR) is 117 cm³/mol. The van der Waals surface area contributed by atoms with Crippen molar-refractivity contribution in [3.8, 4) is 5.69 Å². The summed E-state index contributed by atoms with van der Waals surface area (Å²) in [5.74, 6) is -3.05. The highest BCUT2D eigenvalue weighted by Gasteiger charge is 2.35. The van der Waals surface area contributed by atoms with Gasteiger partial charge in [-0.1, -0.05) is 6.92 Å². The van der Waals surface area contributed by atoms with E-state index in [1.807, 2.05) is 6.92 Å². The third-order valence-electron chi connectivity index (χ3n) is 6.11. The monoisotopic (exact) mass is 470 g/mol. The van der Waals surface area contributed by atoms with Gasteiger partial charge in [-0.05, 0) is 43.0 Å². The van der Waals surface area contributed by atoms with Gasteiger partial charge in [0.25, 0.3) is 11.9 Å². The lowest BCUT2D eigenvalue weighted by Crippen LogP contribution is -2.51. The lowest BCUT2D eigenvalue weighted by atomic mass is 9.90. The van der Waals surface area contributed by atoms with Gasteiger partial charge in [0.15, 0.2) is 17.2 Å². The number of rotatable bonds is 5. The Labute approximate surface area is 192 Å². The SMILES string of the molecule is C[C@@H]1CCCN(C(=O)c2ccc(F)c(F)c2-n2nccn2)[C@@H]1CNc1nc2cc(F)ccc2o1. The van der Waals surface area contributed by atoms with Gasteiger partial charge >= 0.3 is 0 Å². The molecule has 0 radical (unpaired) electrons. The number of nitrogens with zero attached hydrogens (tertiary/aromatic N) is 5. The molecule has 3 heterocycles. The van der Waals surface area contributed by atoms with Gasteiger partial charge in [-0.2, -0.15) is 15.2 Å². The Hall–Kier alpha value is -3.89. The van der Waals surface area contributed by atoms with Crippen molar-refractivity contribution < 1.29 is 22.4 Å². The number of fused-ring (bicyclic) bond motifs is 1. The maximum atomic E-state index is 14.7. The number of carbonyl (C=O) groups excluding carboxylic acids is 1. The van der Waals surface area contributed by atoms with Crippen LogP contribution in [0.5, 0.6) is 0 Å². The quantitative estimate of drug-likeness (QED) is 0.471. The summed E-state index contributed by atoms with van der Waals surface area (Å²) in [6.45, 7) is 2.77. The number of amides is 1. The van der Waals surface area contributed by atoms with Crippen LogP contribution in [0.15, 0.2) is 47.1 Å². The van der Waals surface area contributed by atoms with E-state index in [2.05, 4.69) is 20.5 Å². The van der Waals surface area contributed by atoms with Gasteiger partial charge in [-0.3, -0.25) is 4.79 Å². The number of carbonyl (C=O) groups is 1. The average molecular weight is 470 g/mol. The maximum absolute atomic E-state index is 14.7. The maximum Gasteiger partial charge on any atom is 0.295 e. The van der Waals surface area contributed by atoms with Crippen LogP contribution < -0.4 is 5.32 Å². The fraction of sp³-hybridized carbons (Fsp3) is 0.304. The van der Waals surface area contributed by atoms with Crippen molar-refractivity contribution in [3.05, 3.63) is 65.7 Å². The van der Waals surface area contributed by atoms with Gasteiger partial charge in [-0.25, -0.2) is 13.2 Å². The Morgan fingerprint density at radius 3 is 2.76 bits per heavy atom. The molecule has 0 bridgehead atoms. The number of halogens is 3. The summed E-state index contributed by atoms with van der Waals surface area (Å²) in [4.78, 5) is 20.4. The van der Waals surface area contributed by atoms with Gasteiger partial charge in [-0.15, -0.1) is 4.80 Å². The highest BCUT2D eigenvalue weighted by molar-refractivity contribution is 5.98. The molecule has 0 spiro atoms. The van der Waals surface area contributed by atoms with Crippen molar-refractivity contribution >= 4 is 23.0 Å². The number of piperidine rings is 1. The van der Waals surface area contributed by atoms with Crippen molar-refractivity contribution in [2.75, 3.05) is 18.4 Å². The lowest BCUT2D eigenvalue weighted by Gasteiger charge is -2.40. The third-order valence-corrected chi connectivity index (χ3v) is 6.11. The Kier molecular flexibility index (Phi) is 5.68. The highest BCUT2D eigenvalue weighted by atomic mass is 19.2. The molecule has 1 fully saturated rings. The zero-order valence-corrected chi connectivity index (χ0v) is 18.2. The minimum atomic E-state index is -1.19. The number of benzene rings is 2. The molecule has 176 valence electrons. The number of nitrogens with one attached hydrogen (secondary N) is 1. The van der Waals surface area contributed by atoms with E-state index in [0.717, 1.165) is 23.7 Å². The van der Waals surface area contributed by atoms with Crippen LogP contribution in [0.2, 0.25) is 0 Å². The Bertz CT molecular complexity index is 1340. The van der Waals surface area contributed by atoms with E-state index in [0.29, 0.717) is 24.2 Å². The summed E-state index contributed by atoms with van der Waals surface area (Å²) < 4.78 is 47.8. The fourth-order valence-corrected chi connectivity index (χ4v) is 4.37. The van der Waals surface area contributed by atoms with E-state index in [4.69, 9.17) is 4.42 Å². The van der Waals surface area contributed by atoms with Crippen molar-refractivity contribution in [2.24, 2.45) is 5.92 Å². The normalized spacial score (nSPS) is 18.4. The van der Waals surface area contributed by atoms with Crippen molar-refractivity contribution in [3.63, 3.8) is 0 Å². The number of hydrogen-bond donors (Lipinski definition) is 1. The molecule has 8 nitrogen and oxygen atoms in total. The van der Waals surface area contributed by atoms with Gasteiger partial charge in [0.05, 0.1) is 24.0 Å². The summed E-state index contributed by atoms with van der Waals surface area (Å²) in [6, 6.07) is 6.16. The summed E-state index contributed by atoms with van der Waals surface area (Å²) >= 11 is 0. The standard InChI is InChI=1S/C23H21F3N6O2/c1-13-3-2-10-31(18(13)12-27-23-30-17-11-14(24)4-7-19(17)34-23)22(33)15-5-6-16(25)20(26)21(15)32-28-8-9-29-32/h4-9,11,13,18H,2-3,10,12H2,1H3,(H,27,30)/t13-,18-/m1/s1. The van der Waals surface area contributed by atoms with Gasteiger partial charge in [0.2, 0.25) is 0 Å². The average Bonchev–Trinajstić information content (AvgIpc) is 3.49. The molecule has 0 aliphatic carbocycles. The van der Waals surface area contributed by atoms with E-state index in [1.54, 1.807) is 4.90 Å². The van der Waals surface area contributed by atoms with E-state index < -0.39 is 23.4 Å². The first-order valence-electron chi connectivity index (χ1n) is 10.9. The molecule has 2 atom stereocenters. The molecule has 2 aromatic heterocycles. The lowest BCUT2D eigenvalue weighted by molar-refractivity contribution is 0.0538. The van der Waals surface area contributed by atoms with Gasteiger partial charge in [0, 0.05) is 19.2 Å². The Balaban J connectivity index is 1.43. The van der Waals surface area contributed by atoms with E-state index in [-0.39, 0.29) is 29.2 Å². The van der Waals surface area contributed by atoms with Crippen molar-refractivity contribution in [2.45, 2.75) is 25.8 Å². The molecule has 34 heavy (non-hydrogen) atoms. The predicted octanol–water partition coefficient (Wildman–Crippen LogP) is 4.18. The van der Waals surface area contributed by atoms with Crippen LogP contribution in [0.4, 0.5) is 19.2 Å². The number of hydrogen-bond acceptors (Lipinski definition) is 6. The molecule has 4 aromatic rings.